The Morgan fingerprint density at radius 3 is 1.61 bits per heavy atom. The van der Waals surface area contributed by atoms with E-state index in [9.17, 15) is 35.1 Å². The van der Waals surface area contributed by atoms with E-state index in [1.807, 2.05) is 0 Å². The van der Waals surface area contributed by atoms with E-state index >= 15 is 0 Å². The largest absolute Gasteiger partial charge is 0.418 e. The molecule has 0 heterocycles. The zero-order chi connectivity index (χ0) is 14.3. The zero-order valence-corrected chi connectivity index (χ0v) is 8.89. The van der Waals surface area contributed by atoms with Crippen molar-refractivity contribution in [1.82, 2.24) is 0 Å². The third kappa shape index (κ3) is 2.85. The number of halogens is 9. The summed E-state index contributed by atoms with van der Waals surface area (Å²) in [7, 11) is 0. The highest BCUT2D eigenvalue weighted by atomic mass is 35.5. The predicted molar refractivity (Wildman–Crippen MR) is 46.4 cm³/mol. The van der Waals surface area contributed by atoms with Gasteiger partial charge in [-0.05, 0) is 6.07 Å². The van der Waals surface area contributed by atoms with Gasteiger partial charge in [-0.2, -0.15) is 26.3 Å². The van der Waals surface area contributed by atoms with E-state index in [0.717, 1.165) is 0 Å². The first kappa shape index (κ1) is 15.0. The molecule has 0 saturated heterocycles. The summed E-state index contributed by atoms with van der Waals surface area (Å²) in [4.78, 5) is 0. The van der Waals surface area contributed by atoms with Crippen LogP contribution in [0, 0.1) is 0 Å². The summed E-state index contributed by atoms with van der Waals surface area (Å²) in [5.41, 5.74) is -6.49. The average molecular weight is 299 g/mol. The van der Waals surface area contributed by atoms with Crippen LogP contribution in [0.15, 0.2) is 12.1 Å². The molecule has 1 aromatic rings. The molecule has 1 rings (SSSR count). The minimum atomic E-state index is -5.58. The second kappa shape index (κ2) is 4.56. The van der Waals surface area contributed by atoms with Crippen LogP contribution < -0.4 is 0 Å². The maximum absolute atomic E-state index is 12.5. The lowest BCUT2D eigenvalue weighted by atomic mass is 10.00. The van der Waals surface area contributed by atoms with E-state index in [1.165, 1.54) is 0 Å². The zero-order valence-electron chi connectivity index (χ0n) is 8.13. The van der Waals surface area contributed by atoms with Crippen LogP contribution in [-0.4, -0.2) is 0 Å². The Labute approximate surface area is 100 Å². The van der Waals surface area contributed by atoms with E-state index in [-0.39, 0.29) is 6.07 Å². The van der Waals surface area contributed by atoms with Crippen molar-refractivity contribution in [1.29, 1.82) is 0 Å². The van der Waals surface area contributed by atoms with Crippen molar-refractivity contribution in [2.45, 2.75) is 18.8 Å². The normalized spacial score (nSPS) is 13.2. The van der Waals surface area contributed by atoms with Crippen molar-refractivity contribution in [3.8, 4) is 0 Å². The molecule has 0 N–H and O–H groups in total. The molecule has 0 spiro atoms. The summed E-state index contributed by atoms with van der Waals surface area (Å²) in [6, 6.07) is 0.589. The Kier molecular flexibility index (Phi) is 3.81. The monoisotopic (exact) mass is 298 g/mol. The van der Waals surface area contributed by atoms with Gasteiger partial charge in [0.1, 0.15) is 0 Å². The number of hydrogen-bond donors (Lipinski definition) is 0. The van der Waals surface area contributed by atoms with Crippen molar-refractivity contribution >= 4 is 11.6 Å². The van der Waals surface area contributed by atoms with Gasteiger partial charge in [-0.1, -0.05) is 17.7 Å². The molecule has 102 valence electrons. The Morgan fingerprint density at radius 2 is 1.28 bits per heavy atom. The van der Waals surface area contributed by atoms with Gasteiger partial charge in [0.05, 0.1) is 16.1 Å². The summed E-state index contributed by atoms with van der Waals surface area (Å²) in [6.45, 7) is 0. The van der Waals surface area contributed by atoms with E-state index in [1.54, 1.807) is 0 Å². The van der Waals surface area contributed by atoms with Crippen molar-refractivity contribution in [2.75, 3.05) is 0 Å². The molecule has 0 radical (unpaired) electrons. The standard InChI is InChI=1S/C9H3ClF8/c10-4-2-1-3(7(11)12)5(8(13,14)15)6(4)9(16,17)18/h1-2,7H. The smallest absolute Gasteiger partial charge is 0.205 e. The molecule has 0 unspecified atom stereocenters. The number of hydrogen-bond acceptors (Lipinski definition) is 0. The summed E-state index contributed by atoms with van der Waals surface area (Å²) < 4.78 is 99.5. The molecule has 0 aromatic heterocycles. The van der Waals surface area contributed by atoms with Gasteiger partial charge in [-0.25, -0.2) is 8.78 Å². The fourth-order valence-electron chi connectivity index (χ4n) is 1.36. The van der Waals surface area contributed by atoms with Gasteiger partial charge in [-0.3, -0.25) is 0 Å². The molecule has 9 heteroatoms. The lowest BCUT2D eigenvalue weighted by Gasteiger charge is -2.19. The topological polar surface area (TPSA) is 0 Å². The number of rotatable bonds is 1. The summed E-state index contributed by atoms with van der Waals surface area (Å²) in [5, 5.41) is -1.28. The van der Waals surface area contributed by atoms with Crippen LogP contribution >= 0.6 is 11.6 Å². The molecule has 18 heavy (non-hydrogen) atoms. The van der Waals surface area contributed by atoms with Crippen LogP contribution in [0.3, 0.4) is 0 Å². The van der Waals surface area contributed by atoms with Gasteiger partial charge < -0.3 is 0 Å². The molecule has 0 aliphatic rings. The Morgan fingerprint density at radius 1 is 0.833 bits per heavy atom. The van der Waals surface area contributed by atoms with Crippen LogP contribution in [0.1, 0.15) is 23.1 Å². The van der Waals surface area contributed by atoms with Crippen LogP contribution in [0.2, 0.25) is 5.02 Å². The van der Waals surface area contributed by atoms with Gasteiger partial charge in [-0.15, -0.1) is 0 Å². The van der Waals surface area contributed by atoms with E-state index < -0.39 is 40.5 Å². The van der Waals surface area contributed by atoms with Gasteiger partial charge >= 0.3 is 12.4 Å². The molecule has 0 aliphatic carbocycles. The molecule has 0 saturated carbocycles. The first-order chi connectivity index (χ1) is 7.96. The van der Waals surface area contributed by atoms with Gasteiger partial charge in [0.25, 0.3) is 6.43 Å². The molecular weight excluding hydrogens is 296 g/mol. The minimum absolute atomic E-state index is 0.227. The third-order valence-electron chi connectivity index (χ3n) is 1.99. The average Bonchev–Trinajstić information content (AvgIpc) is 2.13. The predicted octanol–water partition coefficient (Wildman–Crippen LogP) is 5.32. The van der Waals surface area contributed by atoms with Gasteiger partial charge in [0.2, 0.25) is 0 Å². The van der Waals surface area contributed by atoms with E-state index in [0.29, 0.717) is 6.07 Å². The summed E-state index contributed by atoms with van der Waals surface area (Å²) >= 11 is 5.03. The maximum atomic E-state index is 12.5. The first-order valence-corrected chi connectivity index (χ1v) is 4.59. The number of benzene rings is 1. The molecule has 0 bridgehead atoms. The molecular formula is C9H3ClF8. The van der Waals surface area contributed by atoms with Gasteiger partial charge in [0.15, 0.2) is 0 Å². The third-order valence-corrected chi connectivity index (χ3v) is 2.30. The lowest BCUT2D eigenvalue weighted by Crippen LogP contribution is -2.20. The Hall–Kier alpha value is -1.05. The molecule has 0 amide bonds. The van der Waals surface area contributed by atoms with Crippen molar-refractivity contribution < 1.29 is 35.1 Å². The molecule has 0 aliphatic heterocycles. The van der Waals surface area contributed by atoms with Crippen LogP contribution in [0.4, 0.5) is 35.1 Å². The molecule has 1 aromatic carbocycles. The van der Waals surface area contributed by atoms with Crippen molar-refractivity contribution in [3.63, 3.8) is 0 Å². The van der Waals surface area contributed by atoms with E-state index in [4.69, 9.17) is 11.6 Å². The fourth-order valence-corrected chi connectivity index (χ4v) is 1.62. The van der Waals surface area contributed by atoms with Crippen LogP contribution in [0.25, 0.3) is 0 Å². The second-order valence-corrected chi connectivity index (χ2v) is 3.59. The summed E-state index contributed by atoms with van der Waals surface area (Å²) in [5.74, 6) is 0. The highest BCUT2D eigenvalue weighted by Crippen LogP contribution is 2.47. The SMILES string of the molecule is FC(F)c1ccc(Cl)c(C(F)(F)F)c1C(F)(F)F. The van der Waals surface area contributed by atoms with Crippen LogP contribution in [0.5, 0.6) is 0 Å². The van der Waals surface area contributed by atoms with Crippen molar-refractivity contribution in [3.05, 3.63) is 33.8 Å². The highest BCUT2D eigenvalue weighted by Gasteiger charge is 2.47. The van der Waals surface area contributed by atoms with Crippen LogP contribution in [-0.2, 0) is 12.4 Å². The van der Waals surface area contributed by atoms with E-state index in [2.05, 4.69) is 0 Å². The quantitative estimate of drug-likeness (QED) is 0.616. The fraction of sp³-hybridized carbons (Fsp3) is 0.333. The highest BCUT2D eigenvalue weighted by molar-refractivity contribution is 6.31. The van der Waals surface area contributed by atoms with Gasteiger partial charge in [0, 0.05) is 5.56 Å². The minimum Gasteiger partial charge on any atom is -0.205 e. The molecule has 0 fully saturated rings. The summed E-state index contributed by atoms with van der Waals surface area (Å²) in [6.07, 6.45) is -14.8. The Bertz CT molecular complexity index is 445. The maximum Gasteiger partial charge on any atom is 0.418 e. The molecule has 0 nitrogen and oxygen atoms in total. The first-order valence-electron chi connectivity index (χ1n) is 4.21. The second-order valence-electron chi connectivity index (χ2n) is 3.18. The lowest BCUT2D eigenvalue weighted by molar-refractivity contribution is -0.163. The number of alkyl halides is 8. The molecule has 0 atom stereocenters. The van der Waals surface area contributed by atoms with Crippen molar-refractivity contribution in [2.24, 2.45) is 0 Å². The Balaban J connectivity index is 3.73.